The predicted octanol–water partition coefficient (Wildman–Crippen LogP) is 1.30. The fourth-order valence-electron chi connectivity index (χ4n) is 2.32. The number of benzene rings is 1. The van der Waals surface area contributed by atoms with Crippen LogP contribution in [0.2, 0.25) is 0 Å². The largest absolute Gasteiger partial charge is 0.345 e. The minimum absolute atomic E-state index is 0.785. The standard InChI is InChI=1S/C13H18N6/c1-11-12(18-9-16(2)7-14-18)5-4-6-13(11)19-10-17(3)8-15-19/h4-8H,9-10H2,1-3H3. The molecule has 0 bridgehead atoms. The lowest BCUT2D eigenvalue weighted by Crippen LogP contribution is -2.25. The monoisotopic (exact) mass is 258 g/mol. The van der Waals surface area contributed by atoms with Crippen LogP contribution in [-0.4, -0.2) is 49.9 Å². The van der Waals surface area contributed by atoms with Crippen LogP contribution in [0.4, 0.5) is 11.4 Å². The summed E-state index contributed by atoms with van der Waals surface area (Å²) in [6.07, 6.45) is 3.68. The lowest BCUT2D eigenvalue weighted by Gasteiger charge is -2.23. The van der Waals surface area contributed by atoms with E-state index in [0.29, 0.717) is 0 Å². The van der Waals surface area contributed by atoms with Crippen LogP contribution >= 0.6 is 0 Å². The molecule has 1 aromatic carbocycles. The molecule has 0 amide bonds. The number of nitrogens with zero attached hydrogens (tertiary/aromatic N) is 6. The van der Waals surface area contributed by atoms with Gasteiger partial charge in [-0.1, -0.05) is 6.07 Å². The molecule has 0 aromatic heterocycles. The van der Waals surface area contributed by atoms with Crippen LogP contribution in [0.3, 0.4) is 0 Å². The van der Waals surface area contributed by atoms with E-state index in [4.69, 9.17) is 0 Å². The first kappa shape index (κ1) is 11.8. The van der Waals surface area contributed by atoms with E-state index in [2.05, 4.69) is 35.3 Å². The van der Waals surface area contributed by atoms with Crippen molar-refractivity contribution >= 4 is 24.1 Å². The summed E-state index contributed by atoms with van der Waals surface area (Å²) in [6.45, 7) is 3.69. The van der Waals surface area contributed by atoms with Crippen molar-refractivity contribution in [1.29, 1.82) is 0 Å². The highest BCUT2D eigenvalue weighted by atomic mass is 15.6. The van der Waals surface area contributed by atoms with E-state index in [-0.39, 0.29) is 0 Å². The number of hydrogen-bond donors (Lipinski definition) is 0. The average molecular weight is 258 g/mol. The molecule has 0 spiro atoms. The minimum atomic E-state index is 0.785. The Morgan fingerprint density at radius 3 is 1.74 bits per heavy atom. The molecule has 6 nitrogen and oxygen atoms in total. The molecule has 100 valence electrons. The van der Waals surface area contributed by atoms with Crippen molar-refractivity contribution in [3.63, 3.8) is 0 Å². The topological polar surface area (TPSA) is 37.7 Å². The maximum atomic E-state index is 4.40. The van der Waals surface area contributed by atoms with Crippen molar-refractivity contribution in [2.45, 2.75) is 6.92 Å². The number of hydrazone groups is 2. The third-order valence-corrected chi connectivity index (χ3v) is 3.32. The molecule has 1 aromatic rings. The molecule has 2 aliphatic rings. The van der Waals surface area contributed by atoms with Crippen LogP contribution in [0.1, 0.15) is 5.56 Å². The van der Waals surface area contributed by atoms with E-state index in [0.717, 1.165) is 24.7 Å². The van der Waals surface area contributed by atoms with Crippen molar-refractivity contribution in [3.8, 4) is 0 Å². The fourth-order valence-corrected chi connectivity index (χ4v) is 2.32. The molecule has 0 fully saturated rings. The molecule has 0 aliphatic carbocycles. The summed E-state index contributed by atoms with van der Waals surface area (Å²) in [7, 11) is 4.03. The van der Waals surface area contributed by atoms with Gasteiger partial charge in [-0.15, -0.1) is 0 Å². The van der Waals surface area contributed by atoms with Gasteiger partial charge in [0.05, 0.1) is 11.4 Å². The first-order valence-electron chi connectivity index (χ1n) is 6.28. The Bertz CT molecular complexity index is 494. The Labute approximate surface area is 113 Å². The fraction of sp³-hybridized carbons (Fsp3) is 0.385. The van der Waals surface area contributed by atoms with Gasteiger partial charge in [0.15, 0.2) is 0 Å². The van der Waals surface area contributed by atoms with E-state index in [9.17, 15) is 0 Å². The number of rotatable bonds is 2. The van der Waals surface area contributed by atoms with Crippen LogP contribution < -0.4 is 10.0 Å². The van der Waals surface area contributed by atoms with Gasteiger partial charge in [0.25, 0.3) is 0 Å². The second-order valence-electron chi connectivity index (χ2n) is 4.98. The van der Waals surface area contributed by atoms with E-state index >= 15 is 0 Å². The second-order valence-corrected chi connectivity index (χ2v) is 4.98. The van der Waals surface area contributed by atoms with Gasteiger partial charge in [0.1, 0.15) is 26.0 Å². The Hall–Kier alpha value is -2.24. The molecule has 0 atom stereocenters. The van der Waals surface area contributed by atoms with Crippen molar-refractivity contribution < 1.29 is 0 Å². The molecule has 2 aliphatic heterocycles. The predicted molar refractivity (Wildman–Crippen MR) is 78.4 cm³/mol. The van der Waals surface area contributed by atoms with Crippen molar-refractivity contribution in [1.82, 2.24) is 9.80 Å². The van der Waals surface area contributed by atoms with Gasteiger partial charge in [-0.25, -0.2) is 10.0 Å². The summed E-state index contributed by atoms with van der Waals surface area (Å²) in [4.78, 5) is 4.10. The quantitative estimate of drug-likeness (QED) is 0.801. The summed E-state index contributed by atoms with van der Waals surface area (Å²) in [6, 6.07) is 6.25. The lowest BCUT2D eigenvalue weighted by molar-refractivity contribution is 0.546. The zero-order valence-corrected chi connectivity index (χ0v) is 11.5. The van der Waals surface area contributed by atoms with E-state index < -0.39 is 0 Å². The van der Waals surface area contributed by atoms with Crippen molar-refractivity contribution in [3.05, 3.63) is 23.8 Å². The summed E-state index contributed by atoms with van der Waals surface area (Å²) in [5.74, 6) is 0. The maximum absolute atomic E-state index is 4.40. The van der Waals surface area contributed by atoms with Crippen molar-refractivity contribution in [2.24, 2.45) is 10.2 Å². The van der Waals surface area contributed by atoms with Gasteiger partial charge >= 0.3 is 0 Å². The lowest BCUT2D eigenvalue weighted by atomic mass is 10.1. The number of anilines is 2. The maximum Gasteiger partial charge on any atom is 0.113 e. The third-order valence-electron chi connectivity index (χ3n) is 3.32. The van der Waals surface area contributed by atoms with Crippen LogP contribution in [0.25, 0.3) is 0 Å². The van der Waals surface area contributed by atoms with Crippen LogP contribution in [0.5, 0.6) is 0 Å². The molecule has 0 N–H and O–H groups in total. The van der Waals surface area contributed by atoms with E-state index in [1.165, 1.54) is 5.56 Å². The van der Waals surface area contributed by atoms with E-state index in [1.807, 2.05) is 46.6 Å². The Morgan fingerprint density at radius 1 is 0.895 bits per heavy atom. The van der Waals surface area contributed by atoms with Gasteiger partial charge in [-0.2, -0.15) is 10.2 Å². The molecule has 19 heavy (non-hydrogen) atoms. The first-order valence-corrected chi connectivity index (χ1v) is 6.28. The van der Waals surface area contributed by atoms with Gasteiger partial charge in [-0.3, -0.25) is 0 Å². The van der Waals surface area contributed by atoms with Crippen molar-refractivity contribution in [2.75, 3.05) is 37.5 Å². The molecule has 0 saturated carbocycles. The zero-order valence-electron chi connectivity index (χ0n) is 11.5. The highest BCUT2D eigenvalue weighted by Gasteiger charge is 2.20. The Balaban J connectivity index is 1.91. The zero-order chi connectivity index (χ0) is 13.4. The second kappa shape index (κ2) is 4.46. The molecule has 6 heteroatoms. The van der Waals surface area contributed by atoms with E-state index in [1.54, 1.807) is 0 Å². The summed E-state index contributed by atoms with van der Waals surface area (Å²) in [5, 5.41) is 12.8. The summed E-state index contributed by atoms with van der Waals surface area (Å²) < 4.78 is 0. The van der Waals surface area contributed by atoms with Gasteiger partial charge in [-0.05, 0) is 24.6 Å². The van der Waals surface area contributed by atoms with Crippen LogP contribution in [0.15, 0.2) is 28.4 Å². The first-order chi connectivity index (χ1) is 9.15. The SMILES string of the molecule is Cc1c(N2CN(C)C=N2)cccc1N1CN(C)C=N1. The molecule has 3 rings (SSSR count). The van der Waals surface area contributed by atoms with Crippen LogP contribution in [0, 0.1) is 6.92 Å². The number of hydrogen-bond acceptors (Lipinski definition) is 6. The normalized spacial score (nSPS) is 18.1. The summed E-state index contributed by atoms with van der Waals surface area (Å²) >= 11 is 0. The highest BCUT2D eigenvalue weighted by molar-refractivity contribution is 5.72. The molecular weight excluding hydrogens is 240 g/mol. The summed E-state index contributed by atoms with van der Waals surface area (Å²) in [5.41, 5.74) is 3.45. The molecule has 0 unspecified atom stereocenters. The molecule has 0 radical (unpaired) electrons. The van der Waals surface area contributed by atoms with Gasteiger partial charge in [0, 0.05) is 14.1 Å². The van der Waals surface area contributed by atoms with Gasteiger partial charge in [0.2, 0.25) is 0 Å². The Kier molecular flexibility index (Phi) is 2.77. The highest BCUT2D eigenvalue weighted by Crippen LogP contribution is 2.31. The molecular formula is C13H18N6. The average Bonchev–Trinajstić information content (AvgIpc) is 2.99. The smallest absolute Gasteiger partial charge is 0.113 e. The minimum Gasteiger partial charge on any atom is -0.345 e. The third kappa shape index (κ3) is 2.09. The Morgan fingerprint density at radius 2 is 1.37 bits per heavy atom. The molecule has 0 saturated heterocycles. The van der Waals surface area contributed by atoms with Crippen LogP contribution in [-0.2, 0) is 0 Å². The van der Waals surface area contributed by atoms with Gasteiger partial charge < -0.3 is 9.80 Å². The molecule has 2 heterocycles.